The van der Waals surface area contributed by atoms with Gasteiger partial charge in [0, 0.05) is 24.5 Å². The molecular formula is C17H23NO3. The van der Waals surface area contributed by atoms with E-state index in [1.807, 2.05) is 44.2 Å². The summed E-state index contributed by atoms with van der Waals surface area (Å²) in [5.41, 5.74) is 3.55. The topological polar surface area (TPSA) is 60.8 Å². The second kappa shape index (κ2) is 7.76. The summed E-state index contributed by atoms with van der Waals surface area (Å²) in [6.45, 7) is 5.14. The number of hydrogen-bond acceptors (Lipinski definition) is 4. The van der Waals surface area contributed by atoms with E-state index in [2.05, 4.69) is 0 Å². The van der Waals surface area contributed by atoms with E-state index in [-0.39, 0.29) is 6.61 Å². The number of ketones is 1. The summed E-state index contributed by atoms with van der Waals surface area (Å²) >= 11 is 0. The lowest BCUT2D eigenvalue weighted by Gasteiger charge is -2.22. The van der Waals surface area contributed by atoms with Gasteiger partial charge >= 0.3 is 0 Å². The molecule has 0 bridgehead atoms. The van der Waals surface area contributed by atoms with Gasteiger partial charge in [0.2, 0.25) is 0 Å². The predicted octanol–water partition coefficient (Wildman–Crippen LogP) is 2.37. The van der Waals surface area contributed by atoms with E-state index in [1.165, 1.54) is 13.0 Å². The van der Waals surface area contributed by atoms with Crippen LogP contribution in [-0.4, -0.2) is 35.8 Å². The van der Waals surface area contributed by atoms with Crippen molar-refractivity contribution in [2.24, 2.45) is 0 Å². The number of allylic oxidation sites excluding steroid dienone is 2. The van der Waals surface area contributed by atoms with Crippen LogP contribution in [0.1, 0.15) is 26.3 Å². The van der Waals surface area contributed by atoms with Gasteiger partial charge in [0.1, 0.15) is 6.10 Å². The Kier molecular flexibility index (Phi) is 6.34. The Hall–Kier alpha value is -1.91. The number of carbonyl (C=O) groups excluding carboxylic acids is 1. The fourth-order valence-corrected chi connectivity index (χ4v) is 1.83. The van der Waals surface area contributed by atoms with Crippen molar-refractivity contribution in [3.8, 4) is 0 Å². The maximum absolute atomic E-state index is 11.6. The number of benzene rings is 1. The Balaban J connectivity index is 3.11. The molecule has 1 atom stereocenters. The molecule has 0 aliphatic heterocycles. The van der Waals surface area contributed by atoms with Crippen molar-refractivity contribution < 1.29 is 15.0 Å². The quantitative estimate of drug-likeness (QED) is 0.789. The molecule has 0 radical (unpaired) electrons. The van der Waals surface area contributed by atoms with E-state index in [0.29, 0.717) is 5.70 Å². The van der Waals surface area contributed by atoms with Crippen LogP contribution in [0.3, 0.4) is 0 Å². The molecular weight excluding hydrogens is 266 g/mol. The van der Waals surface area contributed by atoms with E-state index in [4.69, 9.17) is 0 Å². The van der Waals surface area contributed by atoms with Crippen molar-refractivity contribution in [2.75, 3.05) is 18.6 Å². The van der Waals surface area contributed by atoms with Gasteiger partial charge in [0.25, 0.3) is 0 Å². The van der Waals surface area contributed by atoms with Gasteiger partial charge in [-0.15, -0.1) is 0 Å². The summed E-state index contributed by atoms with van der Waals surface area (Å²) in [7, 11) is 1.78. The first-order chi connectivity index (χ1) is 9.90. The lowest BCUT2D eigenvalue weighted by molar-refractivity contribution is -0.121. The molecule has 0 spiro atoms. The van der Waals surface area contributed by atoms with Crippen LogP contribution in [-0.2, 0) is 4.79 Å². The van der Waals surface area contributed by atoms with E-state index >= 15 is 0 Å². The van der Waals surface area contributed by atoms with Crippen molar-refractivity contribution in [3.63, 3.8) is 0 Å². The summed E-state index contributed by atoms with van der Waals surface area (Å²) < 4.78 is 0. The highest BCUT2D eigenvalue weighted by Crippen LogP contribution is 2.23. The minimum Gasteiger partial charge on any atom is -0.390 e. The largest absolute Gasteiger partial charge is 0.390 e. The number of likely N-dealkylation sites (N-methyl/N-ethyl adjacent to an activating group) is 1. The lowest BCUT2D eigenvalue weighted by atomic mass is 10.1. The van der Waals surface area contributed by atoms with Crippen LogP contribution in [0.2, 0.25) is 0 Å². The Morgan fingerprint density at radius 3 is 2.62 bits per heavy atom. The molecule has 0 aliphatic carbocycles. The maximum atomic E-state index is 11.6. The van der Waals surface area contributed by atoms with E-state index in [1.54, 1.807) is 11.9 Å². The molecule has 1 unspecified atom stereocenters. The smallest absolute Gasteiger partial charge is 0.185 e. The fraction of sp³-hybridized carbons (Fsp3) is 0.353. The highest BCUT2D eigenvalue weighted by molar-refractivity contribution is 5.94. The molecule has 0 heterocycles. The van der Waals surface area contributed by atoms with Gasteiger partial charge in [-0.2, -0.15) is 0 Å². The molecule has 0 saturated carbocycles. The summed E-state index contributed by atoms with van der Waals surface area (Å²) in [6, 6.07) is 7.84. The Morgan fingerprint density at radius 1 is 1.43 bits per heavy atom. The number of hydrogen-bond donors (Lipinski definition) is 2. The fourth-order valence-electron chi connectivity index (χ4n) is 1.83. The van der Waals surface area contributed by atoms with Crippen LogP contribution < -0.4 is 4.90 Å². The average molecular weight is 289 g/mol. The molecule has 1 rings (SSSR count). The number of anilines is 1. The molecule has 21 heavy (non-hydrogen) atoms. The van der Waals surface area contributed by atoms with Gasteiger partial charge in [-0.25, -0.2) is 0 Å². The van der Waals surface area contributed by atoms with Crippen molar-refractivity contribution >= 4 is 17.0 Å². The van der Waals surface area contributed by atoms with E-state index in [9.17, 15) is 15.0 Å². The summed E-state index contributed by atoms with van der Waals surface area (Å²) in [5.74, 6) is -0.424. The molecule has 0 aliphatic rings. The molecule has 0 fully saturated rings. The van der Waals surface area contributed by atoms with Crippen LogP contribution in [0, 0.1) is 0 Å². The first-order valence-corrected chi connectivity index (χ1v) is 6.91. The van der Waals surface area contributed by atoms with E-state index in [0.717, 1.165) is 16.8 Å². The predicted molar refractivity (Wildman–Crippen MR) is 86.0 cm³/mol. The number of rotatable bonds is 6. The minimum absolute atomic E-state index is 0.276. The third-order valence-electron chi connectivity index (χ3n) is 3.44. The standard InChI is InChI=1S/C17H23NO3/c1-5-12(2)14-7-6-8-15(9-14)18(4)16(11-19)10-17(21)13(3)20/h5-10,13,19-20H,11H2,1-4H3/b12-5+,16-10-. The van der Waals surface area contributed by atoms with Gasteiger partial charge in [-0.05, 0) is 44.0 Å². The molecule has 4 nitrogen and oxygen atoms in total. The van der Waals surface area contributed by atoms with Gasteiger partial charge in [-0.3, -0.25) is 4.79 Å². The normalized spacial score (nSPS) is 14.0. The number of aliphatic hydroxyl groups is 2. The summed E-state index contributed by atoms with van der Waals surface area (Å²) in [6.07, 6.45) is 2.23. The Morgan fingerprint density at radius 2 is 2.10 bits per heavy atom. The number of aliphatic hydroxyl groups excluding tert-OH is 2. The molecule has 1 aromatic rings. The third kappa shape index (κ3) is 4.55. The van der Waals surface area contributed by atoms with Gasteiger partial charge < -0.3 is 15.1 Å². The zero-order chi connectivity index (χ0) is 16.0. The molecule has 0 amide bonds. The maximum Gasteiger partial charge on any atom is 0.185 e. The van der Waals surface area contributed by atoms with Crippen LogP contribution in [0.15, 0.2) is 42.1 Å². The highest BCUT2D eigenvalue weighted by Gasteiger charge is 2.12. The minimum atomic E-state index is -1.07. The second-order valence-corrected chi connectivity index (χ2v) is 4.95. The average Bonchev–Trinajstić information content (AvgIpc) is 2.50. The lowest BCUT2D eigenvalue weighted by Crippen LogP contribution is -2.23. The molecule has 2 N–H and O–H groups in total. The molecule has 0 saturated heterocycles. The summed E-state index contributed by atoms with van der Waals surface area (Å²) in [5, 5.41) is 18.7. The summed E-state index contributed by atoms with van der Waals surface area (Å²) in [4.78, 5) is 13.3. The third-order valence-corrected chi connectivity index (χ3v) is 3.44. The number of nitrogens with zero attached hydrogens (tertiary/aromatic N) is 1. The van der Waals surface area contributed by atoms with Gasteiger partial charge in [0.15, 0.2) is 5.78 Å². The zero-order valence-electron chi connectivity index (χ0n) is 13.0. The van der Waals surface area contributed by atoms with Crippen molar-refractivity contribution in [2.45, 2.75) is 26.9 Å². The van der Waals surface area contributed by atoms with Crippen molar-refractivity contribution in [1.29, 1.82) is 0 Å². The number of carbonyl (C=O) groups is 1. The highest BCUT2D eigenvalue weighted by atomic mass is 16.3. The van der Waals surface area contributed by atoms with Gasteiger partial charge in [-0.1, -0.05) is 18.2 Å². The van der Waals surface area contributed by atoms with Crippen LogP contribution in [0.4, 0.5) is 5.69 Å². The van der Waals surface area contributed by atoms with Crippen LogP contribution >= 0.6 is 0 Å². The second-order valence-electron chi connectivity index (χ2n) is 4.95. The first-order valence-electron chi connectivity index (χ1n) is 6.91. The Labute approximate surface area is 126 Å². The van der Waals surface area contributed by atoms with Crippen LogP contribution in [0.5, 0.6) is 0 Å². The zero-order valence-corrected chi connectivity index (χ0v) is 13.0. The Bertz CT molecular complexity index is 559. The van der Waals surface area contributed by atoms with Gasteiger partial charge in [0.05, 0.1) is 6.61 Å². The SMILES string of the molecule is C/C=C(\C)c1cccc(N(C)/C(=C\C(=O)C(C)O)CO)c1. The van der Waals surface area contributed by atoms with E-state index < -0.39 is 11.9 Å². The monoisotopic (exact) mass is 289 g/mol. The molecule has 1 aromatic carbocycles. The molecule has 4 heteroatoms. The van der Waals surface area contributed by atoms with Crippen molar-refractivity contribution in [1.82, 2.24) is 0 Å². The molecule has 114 valence electrons. The van der Waals surface area contributed by atoms with Crippen molar-refractivity contribution in [3.05, 3.63) is 47.7 Å². The van der Waals surface area contributed by atoms with Crippen LogP contribution in [0.25, 0.3) is 5.57 Å². The molecule has 0 aromatic heterocycles. The first kappa shape index (κ1) is 17.1.